The lowest BCUT2D eigenvalue weighted by Gasteiger charge is -2.15. The molecule has 0 saturated carbocycles. The highest BCUT2D eigenvalue weighted by Crippen LogP contribution is 1.98. The van der Waals surface area contributed by atoms with E-state index in [4.69, 9.17) is 5.11 Å². The Balaban J connectivity index is 3.55. The molecule has 17 heavy (non-hydrogen) atoms. The van der Waals surface area contributed by atoms with Gasteiger partial charge in [0.2, 0.25) is 0 Å². The lowest BCUT2D eigenvalue weighted by molar-refractivity contribution is -0.137. The Morgan fingerprint density at radius 1 is 1.35 bits per heavy atom. The monoisotopic (exact) mass is 245 g/mol. The maximum atomic E-state index is 11.3. The fourth-order valence-electron chi connectivity index (χ4n) is 1.22. The van der Waals surface area contributed by atoms with Gasteiger partial charge in [0.15, 0.2) is 0 Å². The van der Waals surface area contributed by atoms with Crippen molar-refractivity contribution in [3.05, 3.63) is 0 Å². The summed E-state index contributed by atoms with van der Waals surface area (Å²) >= 11 is 0. The van der Waals surface area contributed by atoms with Crippen LogP contribution >= 0.6 is 0 Å². The molecule has 0 aromatic heterocycles. The summed E-state index contributed by atoms with van der Waals surface area (Å²) in [5.41, 5.74) is 0. The molecular formula is C11H23N3O3. The normalized spacial score (nSPS) is 12.2. The number of nitrogens with one attached hydrogen (secondary N) is 2. The molecule has 6 heteroatoms. The highest BCUT2D eigenvalue weighted by Gasteiger charge is 2.08. The fraction of sp³-hybridized carbons (Fsp3) is 0.818. The van der Waals surface area contributed by atoms with Crippen LogP contribution in [-0.4, -0.2) is 55.2 Å². The van der Waals surface area contributed by atoms with Crippen LogP contribution in [0.5, 0.6) is 0 Å². The van der Waals surface area contributed by atoms with E-state index in [-0.39, 0.29) is 18.4 Å². The number of carboxylic acids is 1. The fourth-order valence-corrected chi connectivity index (χ4v) is 1.22. The van der Waals surface area contributed by atoms with E-state index in [1.807, 2.05) is 14.0 Å². The molecule has 1 atom stereocenters. The van der Waals surface area contributed by atoms with Crippen molar-refractivity contribution in [1.29, 1.82) is 0 Å². The van der Waals surface area contributed by atoms with Crippen LogP contribution in [0.25, 0.3) is 0 Å². The summed E-state index contributed by atoms with van der Waals surface area (Å²) in [5.74, 6) is -0.902. The summed E-state index contributed by atoms with van der Waals surface area (Å²) in [4.78, 5) is 23.8. The van der Waals surface area contributed by atoms with Gasteiger partial charge in [-0.2, -0.15) is 0 Å². The molecule has 0 spiro atoms. The molecule has 0 aliphatic carbocycles. The zero-order chi connectivity index (χ0) is 13.3. The maximum absolute atomic E-state index is 11.3. The molecule has 0 aliphatic heterocycles. The van der Waals surface area contributed by atoms with E-state index in [0.29, 0.717) is 13.1 Å². The van der Waals surface area contributed by atoms with Crippen molar-refractivity contribution in [3.8, 4) is 0 Å². The first-order valence-electron chi connectivity index (χ1n) is 5.87. The molecule has 0 aromatic carbocycles. The minimum Gasteiger partial charge on any atom is -0.481 e. The van der Waals surface area contributed by atoms with Crippen LogP contribution < -0.4 is 10.6 Å². The Hall–Kier alpha value is -1.30. The van der Waals surface area contributed by atoms with Crippen LogP contribution in [0.3, 0.4) is 0 Å². The van der Waals surface area contributed by atoms with Gasteiger partial charge < -0.3 is 20.6 Å². The summed E-state index contributed by atoms with van der Waals surface area (Å²) < 4.78 is 0. The Kier molecular flexibility index (Phi) is 8.13. The number of carboxylic acid groups (broad SMARTS) is 1. The van der Waals surface area contributed by atoms with Crippen LogP contribution in [0, 0.1) is 5.92 Å². The van der Waals surface area contributed by atoms with Crippen molar-refractivity contribution in [2.75, 3.05) is 33.2 Å². The zero-order valence-electron chi connectivity index (χ0n) is 10.8. The first-order chi connectivity index (χ1) is 7.95. The molecule has 2 amide bonds. The Labute approximate surface area is 102 Å². The molecule has 0 heterocycles. The standard InChI is InChI=1S/C11H23N3O3/c1-4-14(3)6-5-12-11(17)13-8-9(2)7-10(15)16/h9H,4-8H2,1-3H3,(H,15,16)(H2,12,13,17). The van der Waals surface area contributed by atoms with E-state index in [2.05, 4.69) is 15.5 Å². The zero-order valence-corrected chi connectivity index (χ0v) is 10.8. The highest BCUT2D eigenvalue weighted by molar-refractivity contribution is 5.74. The number of carbonyl (C=O) groups is 2. The van der Waals surface area contributed by atoms with Gasteiger partial charge in [-0.25, -0.2) is 4.79 Å². The third-order valence-corrected chi connectivity index (χ3v) is 2.45. The molecule has 0 fully saturated rings. The largest absolute Gasteiger partial charge is 0.481 e. The van der Waals surface area contributed by atoms with Gasteiger partial charge in [0.25, 0.3) is 0 Å². The predicted octanol–water partition coefficient (Wildman–Crippen LogP) is 0.348. The van der Waals surface area contributed by atoms with E-state index < -0.39 is 5.97 Å². The molecule has 0 rings (SSSR count). The van der Waals surface area contributed by atoms with Gasteiger partial charge in [-0.3, -0.25) is 4.79 Å². The first kappa shape index (κ1) is 15.7. The number of carbonyl (C=O) groups excluding carboxylic acids is 1. The van der Waals surface area contributed by atoms with Crippen LogP contribution in [0.4, 0.5) is 4.79 Å². The average molecular weight is 245 g/mol. The van der Waals surface area contributed by atoms with Crippen molar-refractivity contribution < 1.29 is 14.7 Å². The molecule has 0 bridgehead atoms. The van der Waals surface area contributed by atoms with Crippen molar-refractivity contribution in [2.45, 2.75) is 20.3 Å². The summed E-state index contributed by atoms with van der Waals surface area (Å²) in [5, 5.41) is 13.9. The van der Waals surface area contributed by atoms with Gasteiger partial charge in [0, 0.05) is 26.1 Å². The molecule has 0 aromatic rings. The molecule has 0 aliphatic rings. The first-order valence-corrected chi connectivity index (χ1v) is 5.87. The molecule has 100 valence electrons. The minimum absolute atomic E-state index is 0.0587. The average Bonchev–Trinajstić information content (AvgIpc) is 2.25. The minimum atomic E-state index is -0.843. The molecule has 0 saturated heterocycles. The van der Waals surface area contributed by atoms with Gasteiger partial charge in [-0.1, -0.05) is 13.8 Å². The number of amides is 2. The summed E-state index contributed by atoms with van der Waals surface area (Å²) in [6.07, 6.45) is 0.0683. The number of hydrogen-bond donors (Lipinski definition) is 3. The molecule has 3 N–H and O–H groups in total. The molecule has 6 nitrogen and oxygen atoms in total. The summed E-state index contributed by atoms with van der Waals surface area (Å²) in [7, 11) is 1.98. The Morgan fingerprint density at radius 3 is 2.53 bits per heavy atom. The Bertz CT molecular complexity index is 246. The second-order valence-corrected chi connectivity index (χ2v) is 4.24. The van der Waals surface area contributed by atoms with Crippen molar-refractivity contribution in [3.63, 3.8) is 0 Å². The number of nitrogens with zero attached hydrogens (tertiary/aromatic N) is 1. The number of urea groups is 1. The number of likely N-dealkylation sites (N-methyl/N-ethyl adjacent to an activating group) is 1. The van der Waals surface area contributed by atoms with E-state index >= 15 is 0 Å². The summed E-state index contributed by atoms with van der Waals surface area (Å²) in [6.45, 7) is 6.55. The van der Waals surface area contributed by atoms with Gasteiger partial charge in [0.1, 0.15) is 0 Å². The quantitative estimate of drug-likeness (QED) is 0.576. The Morgan fingerprint density at radius 2 is 2.00 bits per heavy atom. The lowest BCUT2D eigenvalue weighted by Crippen LogP contribution is -2.41. The van der Waals surface area contributed by atoms with Crippen LogP contribution in [0.15, 0.2) is 0 Å². The smallest absolute Gasteiger partial charge is 0.314 e. The number of rotatable bonds is 8. The summed E-state index contributed by atoms with van der Waals surface area (Å²) in [6, 6.07) is -0.244. The van der Waals surface area contributed by atoms with Gasteiger partial charge in [0.05, 0.1) is 0 Å². The maximum Gasteiger partial charge on any atom is 0.314 e. The van der Waals surface area contributed by atoms with Crippen LogP contribution in [0.1, 0.15) is 20.3 Å². The van der Waals surface area contributed by atoms with Crippen LogP contribution in [0.2, 0.25) is 0 Å². The highest BCUT2D eigenvalue weighted by atomic mass is 16.4. The van der Waals surface area contributed by atoms with Gasteiger partial charge >= 0.3 is 12.0 Å². The third-order valence-electron chi connectivity index (χ3n) is 2.45. The second-order valence-electron chi connectivity index (χ2n) is 4.24. The van der Waals surface area contributed by atoms with Crippen LogP contribution in [-0.2, 0) is 4.79 Å². The van der Waals surface area contributed by atoms with Crippen molar-refractivity contribution in [2.24, 2.45) is 5.92 Å². The molecular weight excluding hydrogens is 222 g/mol. The SMILES string of the molecule is CCN(C)CCNC(=O)NCC(C)CC(=O)O. The lowest BCUT2D eigenvalue weighted by atomic mass is 10.1. The predicted molar refractivity (Wildman–Crippen MR) is 66.0 cm³/mol. The van der Waals surface area contributed by atoms with E-state index in [0.717, 1.165) is 13.1 Å². The van der Waals surface area contributed by atoms with E-state index in [1.54, 1.807) is 6.92 Å². The van der Waals surface area contributed by atoms with Crippen molar-refractivity contribution in [1.82, 2.24) is 15.5 Å². The van der Waals surface area contributed by atoms with Gasteiger partial charge in [-0.15, -0.1) is 0 Å². The van der Waals surface area contributed by atoms with Gasteiger partial charge in [-0.05, 0) is 19.5 Å². The van der Waals surface area contributed by atoms with Crippen molar-refractivity contribution >= 4 is 12.0 Å². The number of aliphatic carboxylic acids is 1. The van der Waals surface area contributed by atoms with E-state index in [1.165, 1.54) is 0 Å². The third kappa shape index (κ3) is 9.62. The van der Waals surface area contributed by atoms with E-state index in [9.17, 15) is 9.59 Å². The number of hydrogen-bond acceptors (Lipinski definition) is 3. The molecule has 1 unspecified atom stereocenters. The second kappa shape index (κ2) is 8.81. The molecule has 0 radical (unpaired) electrons. The topological polar surface area (TPSA) is 81.7 Å².